The van der Waals surface area contributed by atoms with Crippen molar-refractivity contribution in [2.45, 2.75) is 20.0 Å². The van der Waals surface area contributed by atoms with Crippen LogP contribution in [-0.2, 0) is 13.1 Å². The van der Waals surface area contributed by atoms with E-state index in [0.29, 0.717) is 6.54 Å². The maximum atomic E-state index is 5.90. The molecule has 6 heteroatoms. The van der Waals surface area contributed by atoms with Crippen LogP contribution in [0.3, 0.4) is 0 Å². The van der Waals surface area contributed by atoms with Crippen LogP contribution < -0.4 is 5.32 Å². The molecule has 0 fully saturated rings. The number of aliphatic imine (C=N–C) groups is 1. The zero-order chi connectivity index (χ0) is 15.2. The summed E-state index contributed by atoms with van der Waals surface area (Å²) in [5.41, 5.74) is 1.19. The molecule has 1 N–H and O–H groups in total. The van der Waals surface area contributed by atoms with Gasteiger partial charge < -0.3 is 10.2 Å². The number of guanidine groups is 1. The number of aryl methyl sites for hydroxylation is 1. The minimum absolute atomic E-state index is 0.691. The van der Waals surface area contributed by atoms with Crippen LogP contribution in [0.15, 0.2) is 35.5 Å². The number of nitrogens with one attached hydrogen (secondary N) is 1. The van der Waals surface area contributed by atoms with E-state index in [4.69, 9.17) is 11.6 Å². The average Bonchev–Trinajstić information content (AvgIpc) is 2.88. The van der Waals surface area contributed by atoms with Gasteiger partial charge in [-0.05, 0) is 24.6 Å². The Labute approximate surface area is 134 Å². The van der Waals surface area contributed by atoms with E-state index in [1.54, 1.807) is 18.4 Å². The molecule has 4 nitrogen and oxygen atoms in total. The summed E-state index contributed by atoms with van der Waals surface area (Å²) < 4.78 is 0. The van der Waals surface area contributed by atoms with Gasteiger partial charge in [0.15, 0.2) is 5.96 Å². The van der Waals surface area contributed by atoms with Crippen molar-refractivity contribution >= 4 is 28.9 Å². The molecule has 1 heterocycles. The predicted octanol–water partition coefficient (Wildman–Crippen LogP) is 3.31. The number of hydrogen-bond donors (Lipinski definition) is 1. The van der Waals surface area contributed by atoms with Gasteiger partial charge in [0.25, 0.3) is 0 Å². The molecule has 0 radical (unpaired) electrons. The van der Waals surface area contributed by atoms with Crippen LogP contribution in [0.5, 0.6) is 0 Å². The Morgan fingerprint density at radius 2 is 2.10 bits per heavy atom. The number of thiazole rings is 1. The van der Waals surface area contributed by atoms with Gasteiger partial charge in [0, 0.05) is 36.7 Å². The van der Waals surface area contributed by atoms with E-state index in [-0.39, 0.29) is 0 Å². The molecular formula is C15H19ClN4S. The van der Waals surface area contributed by atoms with Crippen LogP contribution in [0, 0.1) is 6.92 Å². The third-order valence-electron chi connectivity index (χ3n) is 2.97. The molecule has 0 amide bonds. The Hall–Kier alpha value is -1.59. The van der Waals surface area contributed by atoms with Crippen molar-refractivity contribution in [1.29, 1.82) is 0 Å². The summed E-state index contributed by atoms with van der Waals surface area (Å²) in [5.74, 6) is 0.845. The third-order valence-corrected chi connectivity index (χ3v) is 4.14. The quantitative estimate of drug-likeness (QED) is 0.693. The predicted molar refractivity (Wildman–Crippen MR) is 90.0 cm³/mol. The Kier molecular flexibility index (Phi) is 5.59. The normalized spacial score (nSPS) is 11.5. The lowest BCUT2D eigenvalue weighted by atomic mass is 10.2. The Morgan fingerprint density at radius 3 is 2.67 bits per heavy atom. The molecule has 1 aromatic carbocycles. The second-order valence-corrected chi connectivity index (χ2v) is 6.50. The number of hydrogen-bond acceptors (Lipinski definition) is 3. The van der Waals surface area contributed by atoms with Gasteiger partial charge >= 0.3 is 0 Å². The van der Waals surface area contributed by atoms with E-state index in [0.717, 1.165) is 22.5 Å². The number of benzene rings is 1. The van der Waals surface area contributed by atoms with Gasteiger partial charge in [-0.25, -0.2) is 4.98 Å². The first-order chi connectivity index (χ1) is 10.1. The van der Waals surface area contributed by atoms with Crippen LogP contribution in [0.4, 0.5) is 0 Å². The summed E-state index contributed by atoms with van der Waals surface area (Å²) in [7, 11) is 3.80. The minimum atomic E-state index is 0.691. The molecule has 0 spiro atoms. The van der Waals surface area contributed by atoms with E-state index in [2.05, 4.69) is 27.1 Å². The van der Waals surface area contributed by atoms with Gasteiger partial charge in [0.2, 0.25) is 0 Å². The summed E-state index contributed by atoms with van der Waals surface area (Å²) in [5, 5.41) is 5.14. The number of halogens is 1. The van der Waals surface area contributed by atoms with E-state index < -0.39 is 0 Å². The first kappa shape index (κ1) is 15.8. The second kappa shape index (κ2) is 7.43. The lowest BCUT2D eigenvalue weighted by Gasteiger charge is -2.21. The lowest BCUT2D eigenvalue weighted by Crippen LogP contribution is -2.38. The zero-order valence-corrected chi connectivity index (χ0v) is 14.0. The van der Waals surface area contributed by atoms with Crippen molar-refractivity contribution < 1.29 is 0 Å². The number of rotatable bonds is 4. The summed E-state index contributed by atoms with van der Waals surface area (Å²) in [6.07, 6.45) is 1.89. The number of aromatic nitrogens is 1. The fourth-order valence-corrected chi connectivity index (χ4v) is 2.81. The Bertz CT molecular complexity index is 606. The van der Waals surface area contributed by atoms with Crippen molar-refractivity contribution in [1.82, 2.24) is 15.2 Å². The molecule has 0 aliphatic carbocycles. The molecule has 2 rings (SSSR count). The summed E-state index contributed by atoms with van der Waals surface area (Å²) in [6.45, 7) is 3.52. The molecular weight excluding hydrogens is 304 g/mol. The maximum Gasteiger partial charge on any atom is 0.194 e. The van der Waals surface area contributed by atoms with E-state index in [9.17, 15) is 0 Å². The summed E-state index contributed by atoms with van der Waals surface area (Å²) in [6, 6.07) is 7.85. The Morgan fingerprint density at radius 1 is 1.38 bits per heavy atom. The smallest absolute Gasteiger partial charge is 0.194 e. The van der Waals surface area contributed by atoms with E-state index in [1.807, 2.05) is 37.5 Å². The van der Waals surface area contributed by atoms with Gasteiger partial charge in [-0.3, -0.25) is 4.99 Å². The van der Waals surface area contributed by atoms with Crippen molar-refractivity contribution in [2.75, 3.05) is 14.1 Å². The van der Waals surface area contributed by atoms with Crippen molar-refractivity contribution in [3.8, 4) is 0 Å². The maximum absolute atomic E-state index is 5.90. The summed E-state index contributed by atoms with van der Waals surface area (Å²) in [4.78, 5) is 11.9. The monoisotopic (exact) mass is 322 g/mol. The van der Waals surface area contributed by atoms with Gasteiger partial charge in [0.05, 0.1) is 6.54 Å². The molecule has 0 saturated heterocycles. The molecule has 0 bridgehead atoms. The molecule has 0 saturated carbocycles. The zero-order valence-electron chi connectivity index (χ0n) is 12.4. The van der Waals surface area contributed by atoms with Gasteiger partial charge in [-0.15, -0.1) is 11.3 Å². The fraction of sp³-hybridized carbons (Fsp3) is 0.333. The van der Waals surface area contributed by atoms with Crippen LogP contribution in [-0.4, -0.2) is 29.9 Å². The van der Waals surface area contributed by atoms with Crippen LogP contribution in [0.1, 0.15) is 15.4 Å². The highest BCUT2D eigenvalue weighted by molar-refractivity contribution is 7.11. The average molecular weight is 323 g/mol. The fourth-order valence-electron chi connectivity index (χ4n) is 1.96. The molecule has 21 heavy (non-hydrogen) atoms. The molecule has 1 aromatic heterocycles. The first-order valence-corrected chi connectivity index (χ1v) is 7.85. The third kappa shape index (κ3) is 4.72. The van der Waals surface area contributed by atoms with E-state index >= 15 is 0 Å². The summed E-state index contributed by atoms with van der Waals surface area (Å²) >= 11 is 7.60. The standard InChI is InChI=1S/C15H19ClN4S/c1-11-8-18-14(21-11)9-19-15(17-2)20(3)10-12-4-6-13(16)7-5-12/h4-8H,9-10H2,1-3H3,(H,17,19). The van der Waals surface area contributed by atoms with Crippen LogP contribution in [0.25, 0.3) is 0 Å². The minimum Gasteiger partial charge on any atom is -0.350 e. The molecule has 2 aromatic rings. The molecule has 0 unspecified atom stereocenters. The van der Waals surface area contributed by atoms with Gasteiger partial charge in [-0.1, -0.05) is 23.7 Å². The van der Waals surface area contributed by atoms with Crippen molar-refractivity contribution in [3.05, 3.63) is 50.9 Å². The second-order valence-electron chi connectivity index (χ2n) is 4.75. The van der Waals surface area contributed by atoms with Crippen LogP contribution in [0.2, 0.25) is 5.02 Å². The molecule has 0 aliphatic heterocycles. The topological polar surface area (TPSA) is 40.5 Å². The highest BCUT2D eigenvalue weighted by Crippen LogP contribution is 2.12. The van der Waals surface area contributed by atoms with E-state index in [1.165, 1.54) is 10.4 Å². The van der Waals surface area contributed by atoms with Crippen molar-refractivity contribution in [3.63, 3.8) is 0 Å². The molecule has 112 valence electrons. The largest absolute Gasteiger partial charge is 0.350 e. The number of nitrogens with zero attached hydrogens (tertiary/aromatic N) is 3. The van der Waals surface area contributed by atoms with Crippen LogP contribution >= 0.6 is 22.9 Å². The highest BCUT2D eigenvalue weighted by atomic mass is 35.5. The lowest BCUT2D eigenvalue weighted by molar-refractivity contribution is 0.476. The van der Waals surface area contributed by atoms with Crippen molar-refractivity contribution in [2.24, 2.45) is 4.99 Å². The molecule has 0 aliphatic rings. The van der Waals surface area contributed by atoms with Gasteiger partial charge in [0.1, 0.15) is 5.01 Å². The first-order valence-electron chi connectivity index (χ1n) is 6.66. The Balaban J connectivity index is 1.92. The SMILES string of the molecule is CN=C(NCc1ncc(C)s1)N(C)Cc1ccc(Cl)cc1. The van der Waals surface area contributed by atoms with Gasteiger partial charge in [-0.2, -0.15) is 0 Å². The highest BCUT2D eigenvalue weighted by Gasteiger charge is 2.07. The molecule has 0 atom stereocenters.